The van der Waals surface area contributed by atoms with Crippen LogP contribution in [-0.4, -0.2) is 62.1 Å². The molecule has 1 saturated heterocycles. The number of carbonyl (C=O) groups excluding carboxylic acids is 1. The Labute approximate surface area is 140 Å². The topological polar surface area (TPSA) is 96.7 Å². The van der Waals surface area contributed by atoms with Gasteiger partial charge in [0.05, 0.1) is 12.0 Å². The van der Waals surface area contributed by atoms with E-state index in [-0.39, 0.29) is 23.7 Å². The molecule has 1 aliphatic heterocycles. The molecule has 2 N–H and O–H groups in total. The van der Waals surface area contributed by atoms with Gasteiger partial charge in [-0.2, -0.15) is 0 Å². The Kier molecular flexibility index (Phi) is 7.73. The number of hydrogen-bond donors (Lipinski definition) is 2. The lowest BCUT2D eigenvalue weighted by Crippen LogP contribution is -2.46. The van der Waals surface area contributed by atoms with Crippen LogP contribution in [0, 0.1) is 10.1 Å². The van der Waals surface area contributed by atoms with E-state index in [0.29, 0.717) is 12.3 Å². The molecule has 1 fully saturated rings. The lowest BCUT2D eigenvalue weighted by molar-refractivity contribution is -0.385. The summed E-state index contributed by atoms with van der Waals surface area (Å²) in [5, 5.41) is 17.0. The Hall–Kier alpha value is -1.90. The maximum Gasteiger partial charge on any atom is 0.282 e. The van der Waals surface area contributed by atoms with Crippen LogP contribution in [0.1, 0.15) is 10.4 Å². The highest BCUT2D eigenvalue weighted by Gasteiger charge is 2.21. The van der Waals surface area contributed by atoms with Gasteiger partial charge in [0, 0.05) is 45.3 Å². The van der Waals surface area contributed by atoms with Gasteiger partial charge < -0.3 is 15.4 Å². The van der Waals surface area contributed by atoms with Gasteiger partial charge in [0.25, 0.3) is 11.6 Å². The maximum absolute atomic E-state index is 12.2. The standard InChI is InChI=1S/C14H20N4O4.ClH/c1-22-11-2-3-13(18(20)21)12(10-11)14(19)16-6-9-17-7-4-15-5-8-17;/h2-3,10,15H,4-9H2,1H3,(H,16,19);1H. The lowest BCUT2D eigenvalue weighted by Gasteiger charge is -2.27. The summed E-state index contributed by atoms with van der Waals surface area (Å²) in [5.74, 6) is -0.0430. The Morgan fingerprint density at radius 2 is 2.13 bits per heavy atom. The average molecular weight is 345 g/mol. The summed E-state index contributed by atoms with van der Waals surface area (Å²) in [6.07, 6.45) is 0. The van der Waals surface area contributed by atoms with E-state index in [2.05, 4.69) is 15.5 Å². The number of nitro benzene ring substituents is 1. The molecule has 128 valence electrons. The molecule has 1 aliphatic rings. The maximum atomic E-state index is 12.2. The van der Waals surface area contributed by atoms with Crippen molar-refractivity contribution in [2.24, 2.45) is 0 Å². The third-order valence-corrected chi connectivity index (χ3v) is 3.57. The average Bonchev–Trinajstić information content (AvgIpc) is 2.55. The van der Waals surface area contributed by atoms with Crippen LogP contribution >= 0.6 is 12.4 Å². The first-order chi connectivity index (χ1) is 10.6. The molecule has 0 unspecified atom stereocenters. The van der Waals surface area contributed by atoms with E-state index in [0.717, 1.165) is 32.7 Å². The quantitative estimate of drug-likeness (QED) is 0.581. The van der Waals surface area contributed by atoms with Gasteiger partial charge in [-0.05, 0) is 12.1 Å². The summed E-state index contributed by atoms with van der Waals surface area (Å²) in [6.45, 7) is 4.94. The number of carbonyl (C=O) groups is 1. The largest absolute Gasteiger partial charge is 0.497 e. The molecule has 1 heterocycles. The van der Waals surface area contributed by atoms with Gasteiger partial charge in [0.2, 0.25) is 0 Å². The molecule has 0 aromatic heterocycles. The van der Waals surface area contributed by atoms with Gasteiger partial charge in [-0.1, -0.05) is 0 Å². The Bertz CT molecular complexity index is 550. The van der Waals surface area contributed by atoms with Gasteiger partial charge >= 0.3 is 0 Å². The predicted molar refractivity (Wildman–Crippen MR) is 88.5 cm³/mol. The number of nitrogens with zero attached hydrogens (tertiary/aromatic N) is 2. The first-order valence-electron chi connectivity index (χ1n) is 7.15. The number of piperazine rings is 1. The van der Waals surface area contributed by atoms with E-state index in [9.17, 15) is 14.9 Å². The number of amides is 1. The molecule has 2 rings (SSSR count). The van der Waals surface area contributed by atoms with Crippen LogP contribution in [0.15, 0.2) is 18.2 Å². The third kappa shape index (κ3) is 5.34. The van der Waals surface area contributed by atoms with Crippen LogP contribution < -0.4 is 15.4 Å². The number of halogens is 1. The normalized spacial score (nSPS) is 14.7. The second kappa shape index (κ2) is 9.29. The lowest BCUT2D eigenvalue weighted by atomic mass is 10.1. The summed E-state index contributed by atoms with van der Waals surface area (Å²) >= 11 is 0. The van der Waals surface area contributed by atoms with Gasteiger partial charge in [-0.3, -0.25) is 19.8 Å². The number of nitro groups is 1. The summed E-state index contributed by atoms with van der Waals surface area (Å²) in [6, 6.07) is 4.14. The van der Waals surface area contributed by atoms with Crippen molar-refractivity contribution in [1.82, 2.24) is 15.5 Å². The van der Waals surface area contributed by atoms with E-state index in [1.54, 1.807) is 0 Å². The van der Waals surface area contributed by atoms with Crippen LogP contribution in [0.3, 0.4) is 0 Å². The number of hydrogen-bond acceptors (Lipinski definition) is 6. The van der Waals surface area contributed by atoms with Crippen molar-refractivity contribution in [3.8, 4) is 5.75 Å². The smallest absolute Gasteiger partial charge is 0.282 e. The molecule has 0 saturated carbocycles. The first kappa shape index (κ1) is 19.1. The van der Waals surface area contributed by atoms with Gasteiger partial charge in [-0.15, -0.1) is 12.4 Å². The molecular formula is C14H21ClN4O4. The van der Waals surface area contributed by atoms with E-state index in [1.807, 2.05) is 0 Å². The Balaban J connectivity index is 0.00000264. The van der Waals surface area contributed by atoms with Crippen LogP contribution in [0.2, 0.25) is 0 Å². The summed E-state index contributed by atoms with van der Waals surface area (Å²) in [4.78, 5) is 24.9. The first-order valence-corrected chi connectivity index (χ1v) is 7.15. The molecule has 9 heteroatoms. The summed E-state index contributed by atoms with van der Waals surface area (Å²) < 4.78 is 5.02. The van der Waals surface area contributed by atoms with E-state index in [1.165, 1.54) is 25.3 Å². The van der Waals surface area contributed by atoms with Gasteiger partial charge in [-0.25, -0.2) is 0 Å². The second-order valence-corrected chi connectivity index (χ2v) is 4.99. The zero-order valence-corrected chi connectivity index (χ0v) is 13.7. The van der Waals surface area contributed by atoms with Gasteiger partial charge in [0.1, 0.15) is 11.3 Å². The van der Waals surface area contributed by atoms with Crippen molar-refractivity contribution in [3.63, 3.8) is 0 Å². The van der Waals surface area contributed by atoms with Crippen molar-refractivity contribution < 1.29 is 14.5 Å². The minimum absolute atomic E-state index is 0. The highest BCUT2D eigenvalue weighted by molar-refractivity contribution is 5.98. The molecule has 1 aromatic rings. The zero-order chi connectivity index (χ0) is 15.9. The van der Waals surface area contributed by atoms with Gasteiger partial charge in [0.15, 0.2) is 0 Å². The molecule has 1 amide bonds. The number of methoxy groups -OCH3 is 1. The predicted octanol–water partition coefficient (Wildman–Crippen LogP) is 0.660. The molecule has 0 radical (unpaired) electrons. The second-order valence-electron chi connectivity index (χ2n) is 4.99. The number of rotatable bonds is 6. The molecule has 8 nitrogen and oxygen atoms in total. The summed E-state index contributed by atoms with van der Waals surface area (Å²) in [5.41, 5.74) is -0.204. The zero-order valence-electron chi connectivity index (χ0n) is 12.9. The minimum Gasteiger partial charge on any atom is -0.497 e. The SMILES string of the molecule is COc1ccc([N+](=O)[O-])c(C(=O)NCCN2CCNCC2)c1.Cl. The molecule has 0 aliphatic carbocycles. The Morgan fingerprint density at radius 1 is 1.43 bits per heavy atom. The molecule has 0 bridgehead atoms. The fraction of sp³-hybridized carbons (Fsp3) is 0.500. The van der Waals surface area contributed by atoms with Crippen LogP contribution in [0.4, 0.5) is 5.69 Å². The highest BCUT2D eigenvalue weighted by Crippen LogP contribution is 2.23. The monoisotopic (exact) mass is 344 g/mol. The fourth-order valence-corrected chi connectivity index (χ4v) is 2.34. The van der Waals surface area contributed by atoms with Crippen molar-refractivity contribution >= 4 is 24.0 Å². The molecule has 1 aromatic carbocycles. The third-order valence-electron chi connectivity index (χ3n) is 3.57. The minimum atomic E-state index is -0.565. The van der Waals surface area contributed by atoms with E-state index < -0.39 is 10.8 Å². The molecule has 0 spiro atoms. The number of nitrogens with one attached hydrogen (secondary N) is 2. The van der Waals surface area contributed by atoms with Crippen LogP contribution in [-0.2, 0) is 0 Å². The molecule has 23 heavy (non-hydrogen) atoms. The fourth-order valence-electron chi connectivity index (χ4n) is 2.34. The highest BCUT2D eigenvalue weighted by atomic mass is 35.5. The van der Waals surface area contributed by atoms with Crippen molar-refractivity contribution in [2.75, 3.05) is 46.4 Å². The van der Waals surface area contributed by atoms with Crippen LogP contribution in [0.5, 0.6) is 5.75 Å². The van der Waals surface area contributed by atoms with Crippen LogP contribution in [0.25, 0.3) is 0 Å². The molecule has 0 atom stereocenters. The summed E-state index contributed by atoms with van der Waals surface area (Å²) in [7, 11) is 1.45. The van der Waals surface area contributed by atoms with Crippen molar-refractivity contribution in [1.29, 1.82) is 0 Å². The van der Waals surface area contributed by atoms with Crippen molar-refractivity contribution in [2.45, 2.75) is 0 Å². The van der Waals surface area contributed by atoms with Crippen molar-refractivity contribution in [3.05, 3.63) is 33.9 Å². The Morgan fingerprint density at radius 3 is 2.74 bits per heavy atom. The van der Waals surface area contributed by atoms with E-state index >= 15 is 0 Å². The van der Waals surface area contributed by atoms with E-state index in [4.69, 9.17) is 4.74 Å². The number of benzene rings is 1. The number of ether oxygens (including phenoxy) is 1. The molecular weight excluding hydrogens is 324 g/mol.